The van der Waals surface area contributed by atoms with E-state index in [-0.39, 0.29) is 11.8 Å². The highest BCUT2D eigenvalue weighted by Gasteiger charge is 2.08. The number of nitrogens with zero attached hydrogens (tertiary/aromatic N) is 1. The minimum Gasteiger partial charge on any atom is -0.356 e. The number of anilines is 1. The molecule has 0 spiro atoms. The number of carbonyl (C=O) groups excluding carboxylic acids is 2. The SMILES string of the molecule is CC(=O)NCCCC(=O)Nc1ccc(-c2nc3ccc(I)cc3s2)cc1. The molecule has 2 aromatic carbocycles. The van der Waals surface area contributed by atoms with Crippen LogP contribution < -0.4 is 10.6 Å². The number of rotatable bonds is 6. The Morgan fingerprint density at radius 2 is 1.92 bits per heavy atom. The van der Waals surface area contributed by atoms with Crippen molar-refractivity contribution in [3.8, 4) is 10.6 Å². The fraction of sp³-hybridized carbons (Fsp3) is 0.211. The number of fused-ring (bicyclic) bond motifs is 1. The number of thiazole rings is 1. The van der Waals surface area contributed by atoms with Gasteiger partial charge in [0.25, 0.3) is 0 Å². The number of nitrogens with one attached hydrogen (secondary N) is 2. The molecule has 0 saturated heterocycles. The molecule has 1 aromatic heterocycles. The fourth-order valence-electron chi connectivity index (χ4n) is 2.45. The third-order valence-corrected chi connectivity index (χ3v) is 5.46. The molecular formula is C19H18IN3O2S. The smallest absolute Gasteiger partial charge is 0.224 e. The summed E-state index contributed by atoms with van der Waals surface area (Å²) in [5.41, 5.74) is 2.79. The molecule has 0 bridgehead atoms. The summed E-state index contributed by atoms with van der Waals surface area (Å²) < 4.78 is 2.37. The molecule has 0 aliphatic heterocycles. The molecule has 0 fully saturated rings. The quantitative estimate of drug-likeness (QED) is 0.406. The van der Waals surface area contributed by atoms with E-state index in [0.29, 0.717) is 19.4 Å². The zero-order valence-corrected chi connectivity index (χ0v) is 17.2. The number of halogens is 1. The summed E-state index contributed by atoms with van der Waals surface area (Å²) in [5.74, 6) is -0.136. The maximum atomic E-state index is 11.9. The van der Waals surface area contributed by atoms with Crippen molar-refractivity contribution < 1.29 is 9.59 Å². The van der Waals surface area contributed by atoms with Crippen LogP contribution in [0.2, 0.25) is 0 Å². The maximum absolute atomic E-state index is 11.9. The molecule has 26 heavy (non-hydrogen) atoms. The highest BCUT2D eigenvalue weighted by Crippen LogP contribution is 2.31. The summed E-state index contributed by atoms with van der Waals surface area (Å²) in [6.07, 6.45) is 0.993. The maximum Gasteiger partial charge on any atom is 0.224 e. The van der Waals surface area contributed by atoms with E-state index in [1.54, 1.807) is 11.3 Å². The molecule has 5 nitrogen and oxygen atoms in total. The van der Waals surface area contributed by atoms with Gasteiger partial charge < -0.3 is 10.6 Å². The lowest BCUT2D eigenvalue weighted by molar-refractivity contribution is -0.119. The van der Waals surface area contributed by atoms with Crippen LogP contribution >= 0.6 is 33.9 Å². The molecule has 2 amide bonds. The molecule has 0 unspecified atom stereocenters. The van der Waals surface area contributed by atoms with E-state index in [1.807, 2.05) is 30.3 Å². The zero-order chi connectivity index (χ0) is 18.5. The summed E-state index contributed by atoms with van der Waals surface area (Å²) in [5, 5.41) is 6.52. The van der Waals surface area contributed by atoms with Crippen molar-refractivity contribution in [1.82, 2.24) is 10.3 Å². The zero-order valence-electron chi connectivity index (χ0n) is 14.2. The van der Waals surface area contributed by atoms with E-state index in [0.717, 1.165) is 21.8 Å². The Labute approximate surface area is 169 Å². The van der Waals surface area contributed by atoms with Gasteiger partial charge in [0.05, 0.1) is 10.2 Å². The van der Waals surface area contributed by atoms with Gasteiger partial charge in [-0.15, -0.1) is 11.3 Å². The molecule has 2 N–H and O–H groups in total. The van der Waals surface area contributed by atoms with E-state index in [1.165, 1.54) is 15.2 Å². The van der Waals surface area contributed by atoms with Gasteiger partial charge in [0.2, 0.25) is 11.8 Å². The van der Waals surface area contributed by atoms with Crippen molar-refractivity contribution >= 4 is 61.6 Å². The number of hydrogen-bond donors (Lipinski definition) is 2. The topological polar surface area (TPSA) is 71.1 Å². The minimum absolute atomic E-state index is 0.0577. The second-order valence-electron chi connectivity index (χ2n) is 5.84. The Bertz CT molecular complexity index is 938. The Hall–Kier alpha value is -2.00. The van der Waals surface area contributed by atoms with E-state index in [4.69, 9.17) is 0 Å². The van der Waals surface area contributed by atoms with Crippen LogP contribution in [0, 0.1) is 3.57 Å². The second-order valence-corrected chi connectivity index (χ2v) is 8.12. The monoisotopic (exact) mass is 479 g/mol. The number of hydrogen-bond acceptors (Lipinski definition) is 4. The normalized spacial score (nSPS) is 10.7. The Kier molecular flexibility index (Phi) is 6.20. The highest BCUT2D eigenvalue weighted by atomic mass is 127. The minimum atomic E-state index is -0.0782. The van der Waals surface area contributed by atoms with Gasteiger partial charge in [0, 0.05) is 34.7 Å². The van der Waals surface area contributed by atoms with Gasteiger partial charge >= 0.3 is 0 Å². The third-order valence-electron chi connectivity index (χ3n) is 3.72. The van der Waals surface area contributed by atoms with Gasteiger partial charge in [-0.2, -0.15) is 0 Å². The molecule has 1 heterocycles. The van der Waals surface area contributed by atoms with Crippen LogP contribution in [-0.2, 0) is 9.59 Å². The van der Waals surface area contributed by atoms with Crippen molar-refractivity contribution in [2.75, 3.05) is 11.9 Å². The van der Waals surface area contributed by atoms with Crippen LogP contribution in [0.5, 0.6) is 0 Å². The van der Waals surface area contributed by atoms with Crippen LogP contribution in [0.1, 0.15) is 19.8 Å². The molecule has 7 heteroatoms. The van der Waals surface area contributed by atoms with Gasteiger partial charge in [-0.05, 0) is 71.5 Å². The summed E-state index contributed by atoms with van der Waals surface area (Å²) in [4.78, 5) is 27.4. The van der Waals surface area contributed by atoms with Crippen LogP contribution in [0.4, 0.5) is 5.69 Å². The van der Waals surface area contributed by atoms with Crippen molar-refractivity contribution in [2.24, 2.45) is 0 Å². The first-order valence-corrected chi connectivity index (χ1v) is 10.1. The summed E-state index contributed by atoms with van der Waals surface area (Å²) in [7, 11) is 0. The second kappa shape index (κ2) is 8.59. The average Bonchev–Trinajstić information content (AvgIpc) is 3.02. The van der Waals surface area contributed by atoms with Crippen molar-refractivity contribution in [2.45, 2.75) is 19.8 Å². The lowest BCUT2D eigenvalue weighted by Gasteiger charge is -2.06. The standard InChI is InChI=1S/C19H18IN3O2S/c1-12(24)21-10-2-3-18(25)22-15-7-4-13(5-8-15)19-23-16-9-6-14(20)11-17(16)26-19/h4-9,11H,2-3,10H2,1H3,(H,21,24)(H,22,25). The third kappa shape index (κ3) is 5.01. The van der Waals surface area contributed by atoms with Crippen molar-refractivity contribution in [3.05, 3.63) is 46.0 Å². The summed E-state index contributed by atoms with van der Waals surface area (Å²) in [6.45, 7) is 1.98. The van der Waals surface area contributed by atoms with Gasteiger partial charge in [-0.1, -0.05) is 0 Å². The van der Waals surface area contributed by atoms with Gasteiger partial charge in [0.15, 0.2) is 0 Å². The van der Waals surface area contributed by atoms with Gasteiger partial charge in [-0.25, -0.2) is 4.98 Å². The molecule has 0 radical (unpaired) electrons. The van der Waals surface area contributed by atoms with E-state index < -0.39 is 0 Å². The molecule has 0 aliphatic carbocycles. The molecule has 3 aromatic rings. The average molecular weight is 479 g/mol. The first-order chi connectivity index (χ1) is 12.5. The van der Waals surface area contributed by atoms with Crippen LogP contribution in [0.25, 0.3) is 20.8 Å². The lowest BCUT2D eigenvalue weighted by atomic mass is 10.2. The van der Waals surface area contributed by atoms with Crippen LogP contribution in [0.15, 0.2) is 42.5 Å². The van der Waals surface area contributed by atoms with E-state index in [9.17, 15) is 9.59 Å². The first-order valence-electron chi connectivity index (χ1n) is 8.22. The Morgan fingerprint density at radius 3 is 2.65 bits per heavy atom. The number of benzene rings is 2. The Morgan fingerprint density at radius 1 is 1.15 bits per heavy atom. The van der Waals surface area contributed by atoms with Gasteiger partial charge in [0.1, 0.15) is 5.01 Å². The molecule has 134 valence electrons. The number of aromatic nitrogens is 1. The highest BCUT2D eigenvalue weighted by molar-refractivity contribution is 14.1. The molecule has 0 atom stereocenters. The predicted molar refractivity (Wildman–Crippen MR) is 114 cm³/mol. The largest absolute Gasteiger partial charge is 0.356 e. The molecule has 3 rings (SSSR count). The van der Waals surface area contributed by atoms with Crippen LogP contribution in [0.3, 0.4) is 0 Å². The van der Waals surface area contributed by atoms with Crippen molar-refractivity contribution in [1.29, 1.82) is 0 Å². The Balaban J connectivity index is 1.60. The van der Waals surface area contributed by atoms with E-state index in [2.05, 4.69) is 50.3 Å². The fourth-order valence-corrected chi connectivity index (χ4v) is 4.17. The number of amides is 2. The van der Waals surface area contributed by atoms with Crippen molar-refractivity contribution in [3.63, 3.8) is 0 Å². The molecule has 0 aliphatic rings. The predicted octanol–water partition coefficient (Wildman–Crippen LogP) is 4.42. The molecule has 0 saturated carbocycles. The summed E-state index contributed by atoms with van der Waals surface area (Å²) in [6, 6.07) is 13.9. The summed E-state index contributed by atoms with van der Waals surface area (Å²) >= 11 is 3.96. The van der Waals surface area contributed by atoms with E-state index >= 15 is 0 Å². The first kappa shape index (κ1) is 18.8. The lowest BCUT2D eigenvalue weighted by Crippen LogP contribution is -2.22. The molecular weight excluding hydrogens is 461 g/mol. The number of carbonyl (C=O) groups is 2. The van der Waals surface area contributed by atoms with Gasteiger partial charge in [-0.3, -0.25) is 9.59 Å². The van der Waals surface area contributed by atoms with Crippen LogP contribution in [-0.4, -0.2) is 23.3 Å².